The Kier molecular flexibility index (Phi) is 5.99. The molecule has 0 saturated carbocycles. The van der Waals surface area contributed by atoms with Gasteiger partial charge in [-0.05, 0) is 63.0 Å². The van der Waals surface area contributed by atoms with Gasteiger partial charge in [0.1, 0.15) is 11.6 Å². The van der Waals surface area contributed by atoms with Crippen molar-refractivity contribution in [1.29, 1.82) is 0 Å². The van der Waals surface area contributed by atoms with Crippen LogP contribution in [0.5, 0.6) is 5.75 Å². The minimum atomic E-state index is -1.38. The van der Waals surface area contributed by atoms with E-state index in [9.17, 15) is 19.1 Å². The molecule has 0 aromatic heterocycles. The first-order valence-corrected chi connectivity index (χ1v) is 9.59. The predicted octanol–water partition coefficient (Wildman–Crippen LogP) is 2.35. The normalized spacial score (nSPS) is 22.7. The van der Waals surface area contributed by atoms with Gasteiger partial charge in [-0.2, -0.15) is 0 Å². The van der Waals surface area contributed by atoms with E-state index in [1.165, 1.54) is 18.2 Å². The molecule has 7 heteroatoms. The Labute approximate surface area is 158 Å². The van der Waals surface area contributed by atoms with Gasteiger partial charge in [-0.1, -0.05) is 0 Å². The van der Waals surface area contributed by atoms with E-state index in [1.54, 1.807) is 11.8 Å². The van der Waals surface area contributed by atoms with Crippen molar-refractivity contribution in [1.82, 2.24) is 10.2 Å². The molecule has 27 heavy (non-hydrogen) atoms. The third-order valence-electron chi connectivity index (χ3n) is 5.64. The molecule has 1 aromatic carbocycles. The van der Waals surface area contributed by atoms with Gasteiger partial charge in [0, 0.05) is 31.8 Å². The molecular formula is C20H27FN2O4. The molecular weight excluding hydrogens is 351 g/mol. The third kappa shape index (κ3) is 4.40. The molecule has 0 bridgehead atoms. The molecule has 6 nitrogen and oxygen atoms in total. The zero-order valence-corrected chi connectivity index (χ0v) is 15.7. The first-order valence-electron chi connectivity index (χ1n) is 9.59. The first kappa shape index (κ1) is 19.6. The molecule has 148 valence electrons. The van der Waals surface area contributed by atoms with Gasteiger partial charge < -0.3 is 20.1 Å². The maximum Gasteiger partial charge on any atom is 0.348 e. The smallest absolute Gasteiger partial charge is 0.348 e. The maximum atomic E-state index is 13.3. The lowest BCUT2D eigenvalue weighted by Gasteiger charge is -2.40. The number of carbonyl (C=O) groups is 2. The zero-order chi connectivity index (χ0) is 19.4. The Balaban J connectivity index is 1.67. The summed E-state index contributed by atoms with van der Waals surface area (Å²) in [6.07, 6.45) is 3.12. The van der Waals surface area contributed by atoms with Crippen molar-refractivity contribution >= 4 is 11.9 Å². The van der Waals surface area contributed by atoms with Crippen molar-refractivity contribution in [3.05, 3.63) is 29.6 Å². The molecule has 3 rings (SSSR count). The van der Waals surface area contributed by atoms with E-state index in [1.807, 2.05) is 0 Å². The number of nitrogens with one attached hydrogen (secondary N) is 1. The van der Waals surface area contributed by atoms with Crippen LogP contribution in [0.15, 0.2) is 18.2 Å². The molecule has 2 saturated heterocycles. The van der Waals surface area contributed by atoms with Crippen molar-refractivity contribution in [3.63, 3.8) is 0 Å². The lowest BCUT2D eigenvalue weighted by atomic mass is 9.89. The highest BCUT2D eigenvalue weighted by Gasteiger charge is 2.45. The van der Waals surface area contributed by atoms with Gasteiger partial charge in [0.05, 0.1) is 0 Å². The molecule has 2 aliphatic heterocycles. The average molecular weight is 378 g/mol. The number of amides is 1. The summed E-state index contributed by atoms with van der Waals surface area (Å²) in [4.78, 5) is 26.6. The summed E-state index contributed by atoms with van der Waals surface area (Å²) in [5, 5.41) is 13.1. The van der Waals surface area contributed by atoms with Gasteiger partial charge in [-0.15, -0.1) is 0 Å². The number of benzene rings is 1. The van der Waals surface area contributed by atoms with Crippen LogP contribution in [0.1, 0.15) is 37.7 Å². The highest BCUT2D eigenvalue weighted by atomic mass is 19.1. The topological polar surface area (TPSA) is 78.9 Å². The van der Waals surface area contributed by atoms with E-state index in [2.05, 4.69) is 5.32 Å². The summed E-state index contributed by atoms with van der Waals surface area (Å²) in [5.74, 6) is -0.929. The Morgan fingerprint density at radius 2 is 2.00 bits per heavy atom. The van der Waals surface area contributed by atoms with Crippen molar-refractivity contribution < 1.29 is 23.8 Å². The number of hydrogen-bond donors (Lipinski definition) is 2. The number of piperidine rings is 1. The lowest BCUT2D eigenvalue weighted by Crippen LogP contribution is -2.55. The number of carboxylic acid groups (broad SMARTS) is 1. The van der Waals surface area contributed by atoms with Crippen molar-refractivity contribution in [3.8, 4) is 5.75 Å². The summed E-state index contributed by atoms with van der Waals surface area (Å²) in [6.45, 7) is 4.18. The second-order valence-electron chi connectivity index (χ2n) is 7.51. The fourth-order valence-corrected chi connectivity index (χ4v) is 3.91. The standard InChI is InChI=1S/C20H27FN2O4/c1-14-13-16(21)4-5-17(14)27-20(19(25)26)7-11-23(12-8-20)18(24)15-3-2-9-22-10-6-15/h4-5,13,15,22H,2-3,6-12H2,1H3,(H,25,26)/t15-/m0/s1. The van der Waals surface area contributed by atoms with Crippen LogP contribution in [0.3, 0.4) is 0 Å². The van der Waals surface area contributed by atoms with E-state index < -0.39 is 11.6 Å². The van der Waals surface area contributed by atoms with Crippen molar-refractivity contribution in [2.75, 3.05) is 26.2 Å². The van der Waals surface area contributed by atoms with Crippen LogP contribution in [0.4, 0.5) is 4.39 Å². The highest BCUT2D eigenvalue weighted by Crippen LogP contribution is 2.32. The van der Waals surface area contributed by atoms with Gasteiger partial charge in [-0.25, -0.2) is 9.18 Å². The van der Waals surface area contributed by atoms with E-state index >= 15 is 0 Å². The van der Waals surface area contributed by atoms with Crippen LogP contribution < -0.4 is 10.1 Å². The summed E-state index contributed by atoms with van der Waals surface area (Å²) < 4.78 is 19.2. The van der Waals surface area contributed by atoms with Gasteiger partial charge in [-0.3, -0.25) is 4.79 Å². The molecule has 2 aliphatic rings. The molecule has 2 N–H and O–H groups in total. The molecule has 2 heterocycles. The summed E-state index contributed by atoms with van der Waals surface area (Å²) in [5.41, 5.74) is -0.829. The number of nitrogens with zero attached hydrogens (tertiary/aromatic N) is 1. The van der Waals surface area contributed by atoms with Gasteiger partial charge in [0.15, 0.2) is 0 Å². The summed E-state index contributed by atoms with van der Waals surface area (Å²) in [6, 6.07) is 4.05. The molecule has 0 aliphatic carbocycles. The zero-order valence-electron chi connectivity index (χ0n) is 15.7. The molecule has 1 atom stereocenters. The van der Waals surface area contributed by atoms with Crippen LogP contribution in [0, 0.1) is 18.7 Å². The SMILES string of the molecule is Cc1cc(F)ccc1OC1(C(=O)O)CCN(C(=O)[C@H]2CCCNCC2)CC1. The van der Waals surface area contributed by atoms with Crippen LogP contribution in [-0.4, -0.2) is 53.7 Å². The second-order valence-corrected chi connectivity index (χ2v) is 7.51. The molecule has 2 fully saturated rings. The van der Waals surface area contributed by atoms with Crippen LogP contribution in [-0.2, 0) is 9.59 Å². The monoisotopic (exact) mass is 378 g/mol. The minimum Gasteiger partial charge on any atom is -0.478 e. The number of ether oxygens (including phenoxy) is 1. The van der Waals surface area contributed by atoms with Crippen LogP contribution in [0.25, 0.3) is 0 Å². The molecule has 0 unspecified atom stereocenters. The number of aliphatic carboxylic acids is 1. The average Bonchev–Trinajstić information content (AvgIpc) is 2.93. The number of carbonyl (C=O) groups excluding carboxylic acids is 1. The largest absolute Gasteiger partial charge is 0.478 e. The maximum absolute atomic E-state index is 13.3. The van der Waals surface area contributed by atoms with Gasteiger partial charge in [0.25, 0.3) is 0 Å². The number of aryl methyl sites for hydroxylation is 1. The predicted molar refractivity (Wildman–Crippen MR) is 98.2 cm³/mol. The van der Waals surface area contributed by atoms with Gasteiger partial charge in [0.2, 0.25) is 11.5 Å². The highest BCUT2D eigenvalue weighted by molar-refractivity contribution is 5.81. The Hall–Kier alpha value is -2.15. The number of halogens is 1. The van der Waals surface area contributed by atoms with Gasteiger partial charge >= 0.3 is 5.97 Å². The third-order valence-corrected chi connectivity index (χ3v) is 5.64. The summed E-state index contributed by atoms with van der Waals surface area (Å²) >= 11 is 0. The Morgan fingerprint density at radius 1 is 1.26 bits per heavy atom. The van der Waals surface area contributed by atoms with E-state index in [4.69, 9.17) is 4.74 Å². The lowest BCUT2D eigenvalue weighted by molar-refractivity contribution is -0.162. The summed E-state index contributed by atoms with van der Waals surface area (Å²) in [7, 11) is 0. The quantitative estimate of drug-likeness (QED) is 0.841. The van der Waals surface area contributed by atoms with Crippen molar-refractivity contribution in [2.45, 2.75) is 44.6 Å². The fourth-order valence-electron chi connectivity index (χ4n) is 3.91. The number of likely N-dealkylation sites (tertiary alicyclic amines) is 1. The van der Waals surface area contributed by atoms with E-state index in [0.717, 1.165) is 32.4 Å². The Bertz CT molecular complexity index is 693. The fraction of sp³-hybridized carbons (Fsp3) is 0.600. The van der Waals surface area contributed by atoms with E-state index in [-0.39, 0.29) is 30.5 Å². The molecule has 0 spiro atoms. The minimum absolute atomic E-state index is 0.0117. The van der Waals surface area contributed by atoms with Crippen LogP contribution in [0.2, 0.25) is 0 Å². The number of carboxylic acids is 1. The molecule has 1 aromatic rings. The second kappa shape index (κ2) is 8.25. The van der Waals surface area contributed by atoms with Crippen molar-refractivity contribution in [2.24, 2.45) is 5.92 Å². The number of hydrogen-bond acceptors (Lipinski definition) is 4. The van der Waals surface area contributed by atoms with E-state index in [0.29, 0.717) is 24.4 Å². The molecule has 0 radical (unpaired) electrons. The first-order chi connectivity index (χ1) is 12.9. The van der Waals surface area contributed by atoms with Crippen LogP contribution >= 0.6 is 0 Å². The Morgan fingerprint density at radius 3 is 2.67 bits per heavy atom. The number of rotatable bonds is 4. The molecule has 1 amide bonds.